The number of nitrogens with one attached hydrogen (secondary N) is 1. The number of sulfonamides is 1. The predicted molar refractivity (Wildman–Crippen MR) is 81.2 cm³/mol. The van der Waals surface area contributed by atoms with Gasteiger partial charge in [0.05, 0.1) is 15.5 Å². The van der Waals surface area contributed by atoms with Gasteiger partial charge in [-0.25, -0.2) is 8.42 Å². The number of carboxylic acids is 1. The summed E-state index contributed by atoms with van der Waals surface area (Å²) in [4.78, 5) is 10.4. The third-order valence-electron chi connectivity index (χ3n) is 2.76. The number of thioether (sulfide) groups is 1. The molecule has 1 aromatic rings. The Morgan fingerprint density at radius 1 is 1.43 bits per heavy atom. The molecule has 0 radical (unpaired) electrons. The topological polar surface area (TPSA) is 83.5 Å². The maximum absolute atomic E-state index is 12.8. The van der Waals surface area contributed by atoms with Crippen molar-refractivity contribution in [1.82, 2.24) is 4.72 Å². The van der Waals surface area contributed by atoms with E-state index in [1.165, 1.54) is 11.8 Å². The lowest BCUT2D eigenvalue weighted by molar-refractivity contribution is -0.139. The number of halogens is 4. The zero-order valence-corrected chi connectivity index (χ0v) is 14.1. The number of rotatable bonds is 7. The van der Waals surface area contributed by atoms with Gasteiger partial charge in [0.25, 0.3) is 0 Å². The van der Waals surface area contributed by atoms with E-state index in [-0.39, 0.29) is 6.42 Å². The van der Waals surface area contributed by atoms with Crippen molar-refractivity contribution >= 4 is 39.4 Å². The monoisotopic (exact) mass is 391 g/mol. The summed E-state index contributed by atoms with van der Waals surface area (Å²) in [7, 11) is -4.43. The van der Waals surface area contributed by atoms with Crippen molar-refractivity contribution in [2.24, 2.45) is 0 Å². The van der Waals surface area contributed by atoms with Crippen molar-refractivity contribution in [3.63, 3.8) is 0 Å². The average molecular weight is 392 g/mol. The second-order valence-electron chi connectivity index (χ2n) is 4.43. The lowest BCUT2D eigenvalue weighted by Gasteiger charge is -2.16. The Bertz CT molecular complexity index is 679. The SMILES string of the molecule is CSCC[C@@H](NS(=O)(=O)c1ccc(Cl)c(C(F)(F)F)c1)C(=O)O. The molecule has 1 aromatic carbocycles. The third-order valence-corrected chi connectivity index (χ3v) is 5.20. The normalized spacial score (nSPS) is 13.8. The lowest BCUT2D eigenvalue weighted by Crippen LogP contribution is -2.41. The van der Waals surface area contributed by atoms with E-state index in [1.54, 1.807) is 6.26 Å². The van der Waals surface area contributed by atoms with E-state index in [0.717, 1.165) is 12.1 Å². The number of hydrogen-bond acceptors (Lipinski definition) is 4. The highest BCUT2D eigenvalue weighted by atomic mass is 35.5. The molecule has 0 aliphatic rings. The number of alkyl halides is 3. The van der Waals surface area contributed by atoms with Crippen LogP contribution in [0.15, 0.2) is 23.1 Å². The van der Waals surface area contributed by atoms with Crippen LogP contribution >= 0.6 is 23.4 Å². The van der Waals surface area contributed by atoms with Crippen molar-refractivity contribution in [2.75, 3.05) is 12.0 Å². The predicted octanol–water partition coefficient (Wildman–Crippen LogP) is 2.84. The van der Waals surface area contributed by atoms with E-state index in [9.17, 15) is 26.4 Å². The Morgan fingerprint density at radius 3 is 2.52 bits per heavy atom. The van der Waals surface area contributed by atoms with Crippen LogP contribution in [-0.4, -0.2) is 37.5 Å². The molecule has 0 bridgehead atoms. The van der Waals surface area contributed by atoms with Gasteiger partial charge < -0.3 is 5.11 Å². The molecule has 0 aliphatic carbocycles. The summed E-state index contributed by atoms with van der Waals surface area (Å²) in [6.07, 6.45) is -3.12. The van der Waals surface area contributed by atoms with Crippen molar-refractivity contribution in [2.45, 2.75) is 23.5 Å². The van der Waals surface area contributed by atoms with Crippen molar-refractivity contribution in [3.05, 3.63) is 28.8 Å². The molecule has 0 saturated carbocycles. The molecule has 0 aliphatic heterocycles. The number of carbonyl (C=O) groups is 1. The van der Waals surface area contributed by atoms with Crippen molar-refractivity contribution in [3.8, 4) is 0 Å². The minimum atomic E-state index is -4.83. The average Bonchev–Trinajstić information content (AvgIpc) is 2.42. The fourth-order valence-corrected chi connectivity index (χ4v) is 3.56. The van der Waals surface area contributed by atoms with E-state index in [4.69, 9.17) is 16.7 Å². The summed E-state index contributed by atoms with van der Waals surface area (Å²) in [5, 5.41) is 8.36. The van der Waals surface area contributed by atoms with E-state index in [1.807, 2.05) is 4.72 Å². The van der Waals surface area contributed by atoms with Crippen LogP contribution in [0.4, 0.5) is 13.2 Å². The maximum atomic E-state index is 12.8. The molecule has 11 heteroatoms. The van der Waals surface area contributed by atoms with Crippen molar-refractivity contribution in [1.29, 1.82) is 0 Å². The van der Waals surface area contributed by atoms with E-state index >= 15 is 0 Å². The van der Waals surface area contributed by atoms with E-state index < -0.39 is 43.7 Å². The van der Waals surface area contributed by atoms with Crippen LogP contribution in [0.25, 0.3) is 0 Å². The Labute approximate surface area is 140 Å². The first kappa shape index (κ1) is 20.1. The fourth-order valence-electron chi connectivity index (χ4n) is 1.61. The van der Waals surface area contributed by atoms with Gasteiger partial charge in [0.2, 0.25) is 10.0 Å². The Balaban J connectivity index is 3.15. The number of aliphatic carboxylic acids is 1. The highest BCUT2D eigenvalue weighted by molar-refractivity contribution is 7.98. The molecular formula is C12H13ClF3NO4S2. The molecule has 1 rings (SSSR count). The number of hydrogen-bond donors (Lipinski definition) is 2. The zero-order chi connectivity index (χ0) is 17.8. The first-order chi connectivity index (χ1) is 10.5. The summed E-state index contributed by atoms with van der Waals surface area (Å²) in [6, 6.07) is 0.625. The fraction of sp³-hybridized carbons (Fsp3) is 0.417. The van der Waals surface area contributed by atoms with Crippen molar-refractivity contribution < 1.29 is 31.5 Å². The number of benzene rings is 1. The first-order valence-electron chi connectivity index (χ1n) is 6.10. The summed E-state index contributed by atoms with van der Waals surface area (Å²) in [6.45, 7) is 0. The van der Waals surface area contributed by atoms with Gasteiger partial charge in [0.1, 0.15) is 6.04 Å². The molecule has 0 unspecified atom stereocenters. The van der Waals surface area contributed by atoms with Gasteiger partial charge in [0.15, 0.2) is 0 Å². The van der Waals surface area contributed by atoms with Crippen LogP contribution in [0.2, 0.25) is 5.02 Å². The number of carboxylic acid groups (broad SMARTS) is 1. The van der Waals surface area contributed by atoms with E-state index in [2.05, 4.69) is 0 Å². The van der Waals surface area contributed by atoms with Gasteiger partial charge in [-0.05, 0) is 36.6 Å². The van der Waals surface area contributed by atoms with Gasteiger partial charge in [-0.2, -0.15) is 29.7 Å². The standard InChI is InChI=1S/C12H13ClF3NO4S2/c1-22-5-4-10(11(18)19)17-23(20,21)7-2-3-9(13)8(6-7)12(14,15)16/h2-3,6,10,17H,4-5H2,1H3,(H,18,19)/t10-/m1/s1. The largest absolute Gasteiger partial charge is 0.480 e. The molecule has 0 saturated heterocycles. The van der Waals surface area contributed by atoms with Gasteiger partial charge in [-0.1, -0.05) is 11.6 Å². The summed E-state index contributed by atoms with van der Waals surface area (Å²) in [5.74, 6) is -1.04. The molecule has 2 N–H and O–H groups in total. The molecule has 0 heterocycles. The van der Waals surface area contributed by atoms with E-state index in [0.29, 0.717) is 11.8 Å². The van der Waals surface area contributed by atoms with Gasteiger partial charge in [-0.3, -0.25) is 4.79 Å². The summed E-state index contributed by atoms with van der Waals surface area (Å²) >= 11 is 6.74. The molecule has 0 aromatic heterocycles. The highest BCUT2D eigenvalue weighted by Crippen LogP contribution is 2.35. The molecule has 1 atom stereocenters. The highest BCUT2D eigenvalue weighted by Gasteiger charge is 2.35. The minimum absolute atomic E-state index is 0.00452. The van der Waals surface area contributed by atoms with Gasteiger partial charge in [-0.15, -0.1) is 0 Å². The Hall–Kier alpha value is -0.970. The molecule has 0 amide bonds. The van der Waals surface area contributed by atoms with Crippen LogP contribution in [0.5, 0.6) is 0 Å². The molecule has 130 valence electrons. The third kappa shape index (κ3) is 5.55. The Morgan fingerprint density at radius 2 is 2.04 bits per heavy atom. The summed E-state index contributed by atoms with van der Waals surface area (Å²) < 4.78 is 64.4. The van der Waals surface area contributed by atoms with Gasteiger partial charge in [0, 0.05) is 0 Å². The molecular weight excluding hydrogens is 379 g/mol. The van der Waals surface area contributed by atoms with Crippen LogP contribution in [-0.2, 0) is 21.0 Å². The zero-order valence-electron chi connectivity index (χ0n) is 11.7. The molecule has 0 fully saturated rings. The Kier molecular flexibility index (Phi) is 6.75. The second kappa shape index (κ2) is 7.73. The quantitative estimate of drug-likeness (QED) is 0.746. The maximum Gasteiger partial charge on any atom is 0.417 e. The molecule has 0 spiro atoms. The molecule has 5 nitrogen and oxygen atoms in total. The first-order valence-corrected chi connectivity index (χ1v) is 9.35. The molecule has 23 heavy (non-hydrogen) atoms. The van der Waals surface area contributed by atoms with Crippen LogP contribution in [0.3, 0.4) is 0 Å². The van der Waals surface area contributed by atoms with Gasteiger partial charge >= 0.3 is 12.1 Å². The smallest absolute Gasteiger partial charge is 0.417 e. The van der Waals surface area contributed by atoms with Crippen LogP contribution < -0.4 is 4.72 Å². The summed E-state index contributed by atoms with van der Waals surface area (Å²) in [5.41, 5.74) is -1.31. The minimum Gasteiger partial charge on any atom is -0.480 e. The van der Waals surface area contributed by atoms with Crippen LogP contribution in [0.1, 0.15) is 12.0 Å². The van der Waals surface area contributed by atoms with Crippen LogP contribution in [0, 0.1) is 0 Å². The second-order valence-corrected chi connectivity index (χ2v) is 7.54. The lowest BCUT2D eigenvalue weighted by atomic mass is 10.2.